The highest BCUT2D eigenvalue weighted by Crippen LogP contribution is 2.04. The summed E-state index contributed by atoms with van der Waals surface area (Å²) in [6.07, 6.45) is 2.63. The molecule has 1 saturated heterocycles. The van der Waals surface area contributed by atoms with Gasteiger partial charge in [0.1, 0.15) is 0 Å². The Morgan fingerprint density at radius 1 is 1.73 bits per heavy atom. The molecule has 1 aliphatic heterocycles. The van der Waals surface area contributed by atoms with Gasteiger partial charge in [-0.05, 0) is 12.8 Å². The van der Waals surface area contributed by atoms with Crippen molar-refractivity contribution in [1.29, 1.82) is 0 Å². The van der Waals surface area contributed by atoms with E-state index in [2.05, 4.69) is 15.6 Å². The molecule has 1 aliphatic rings. The zero-order valence-corrected chi connectivity index (χ0v) is 6.72. The van der Waals surface area contributed by atoms with E-state index in [-0.39, 0.29) is 12.0 Å². The summed E-state index contributed by atoms with van der Waals surface area (Å²) in [6, 6.07) is 0.246. The van der Waals surface area contributed by atoms with E-state index in [1.807, 2.05) is 0 Å². The second-order valence-electron chi connectivity index (χ2n) is 2.69. The average molecular weight is 158 g/mol. The van der Waals surface area contributed by atoms with Crippen LogP contribution in [0, 0.1) is 0 Å². The van der Waals surface area contributed by atoms with E-state index in [0.717, 1.165) is 19.4 Å². The summed E-state index contributed by atoms with van der Waals surface area (Å²) in [7, 11) is 1.42. The van der Waals surface area contributed by atoms with Crippen molar-refractivity contribution in [3.8, 4) is 0 Å². The van der Waals surface area contributed by atoms with Gasteiger partial charge in [-0.1, -0.05) is 0 Å². The third kappa shape index (κ3) is 2.86. The van der Waals surface area contributed by atoms with Crippen LogP contribution in [0.15, 0.2) is 0 Å². The number of nitrogens with one attached hydrogen (secondary N) is 2. The lowest BCUT2D eigenvalue weighted by Gasteiger charge is -2.22. The second-order valence-corrected chi connectivity index (χ2v) is 2.69. The van der Waals surface area contributed by atoms with Gasteiger partial charge in [0.2, 0.25) is 0 Å². The Morgan fingerprint density at radius 3 is 3.09 bits per heavy atom. The standard InChI is InChI=1S/C7H14N2O2/c1-11-7(10)5-6-3-2-4-8-9-6/h6,8-9H,2-5H2,1H3. The predicted octanol–water partition coefficient (Wildman–Crippen LogP) is -0.194. The molecule has 1 heterocycles. The van der Waals surface area contributed by atoms with Crippen LogP contribution in [-0.2, 0) is 9.53 Å². The maximum Gasteiger partial charge on any atom is 0.307 e. The maximum absolute atomic E-state index is 10.8. The Morgan fingerprint density at radius 2 is 2.55 bits per heavy atom. The summed E-state index contributed by atoms with van der Waals surface area (Å²) in [6.45, 7) is 0.984. The summed E-state index contributed by atoms with van der Waals surface area (Å²) in [5, 5.41) is 0. The summed E-state index contributed by atoms with van der Waals surface area (Å²) in [4.78, 5) is 10.8. The van der Waals surface area contributed by atoms with Crippen molar-refractivity contribution in [2.75, 3.05) is 13.7 Å². The largest absolute Gasteiger partial charge is 0.469 e. The van der Waals surface area contributed by atoms with E-state index in [0.29, 0.717) is 6.42 Å². The van der Waals surface area contributed by atoms with Gasteiger partial charge in [0.15, 0.2) is 0 Å². The first-order valence-corrected chi connectivity index (χ1v) is 3.88. The number of hydrazine groups is 1. The fraction of sp³-hybridized carbons (Fsp3) is 0.857. The number of methoxy groups -OCH3 is 1. The molecule has 4 nitrogen and oxygen atoms in total. The number of hydrogen-bond acceptors (Lipinski definition) is 4. The zero-order valence-electron chi connectivity index (χ0n) is 6.72. The summed E-state index contributed by atoms with van der Waals surface area (Å²) in [5.74, 6) is -0.147. The molecule has 0 aromatic carbocycles. The van der Waals surface area contributed by atoms with E-state index < -0.39 is 0 Å². The third-order valence-electron chi connectivity index (χ3n) is 1.80. The first-order chi connectivity index (χ1) is 5.33. The van der Waals surface area contributed by atoms with Gasteiger partial charge >= 0.3 is 5.97 Å². The van der Waals surface area contributed by atoms with Crippen LogP contribution in [0.3, 0.4) is 0 Å². The highest BCUT2D eigenvalue weighted by atomic mass is 16.5. The molecule has 1 unspecified atom stereocenters. The van der Waals surface area contributed by atoms with Gasteiger partial charge in [0.05, 0.1) is 13.5 Å². The Kier molecular flexibility index (Phi) is 3.32. The Balaban J connectivity index is 2.19. The van der Waals surface area contributed by atoms with Crippen molar-refractivity contribution in [3.05, 3.63) is 0 Å². The van der Waals surface area contributed by atoms with Gasteiger partial charge in [-0.25, -0.2) is 0 Å². The number of rotatable bonds is 2. The quantitative estimate of drug-likeness (QED) is 0.547. The van der Waals surface area contributed by atoms with Crippen molar-refractivity contribution in [1.82, 2.24) is 10.9 Å². The molecular weight excluding hydrogens is 144 g/mol. The average Bonchev–Trinajstić information content (AvgIpc) is 2.06. The smallest absolute Gasteiger partial charge is 0.307 e. The van der Waals surface area contributed by atoms with Crippen molar-refractivity contribution < 1.29 is 9.53 Å². The van der Waals surface area contributed by atoms with Crippen LogP contribution >= 0.6 is 0 Å². The van der Waals surface area contributed by atoms with Gasteiger partial charge in [-0.3, -0.25) is 15.6 Å². The first kappa shape index (κ1) is 8.49. The number of hydrogen-bond donors (Lipinski definition) is 2. The van der Waals surface area contributed by atoms with Crippen LogP contribution < -0.4 is 10.9 Å². The van der Waals surface area contributed by atoms with Crippen molar-refractivity contribution in [3.63, 3.8) is 0 Å². The molecule has 4 heteroatoms. The van der Waals surface area contributed by atoms with Crippen molar-refractivity contribution in [2.24, 2.45) is 0 Å². The van der Waals surface area contributed by atoms with Gasteiger partial charge in [-0.2, -0.15) is 0 Å². The molecule has 0 amide bonds. The molecule has 11 heavy (non-hydrogen) atoms. The molecule has 1 rings (SSSR count). The number of ether oxygens (including phenoxy) is 1. The molecule has 0 bridgehead atoms. The molecule has 1 atom stereocenters. The summed E-state index contributed by atoms with van der Waals surface area (Å²) >= 11 is 0. The van der Waals surface area contributed by atoms with Gasteiger partial charge in [0.25, 0.3) is 0 Å². The van der Waals surface area contributed by atoms with Crippen LogP contribution in [-0.4, -0.2) is 25.7 Å². The van der Waals surface area contributed by atoms with E-state index in [9.17, 15) is 4.79 Å². The van der Waals surface area contributed by atoms with E-state index in [1.54, 1.807) is 0 Å². The Bertz CT molecular complexity index is 132. The van der Waals surface area contributed by atoms with Crippen LogP contribution in [0.1, 0.15) is 19.3 Å². The lowest BCUT2D eigenvalue weighted by atomic mass is 10.1. The third-order valence-corrected chi connectivity index (χ3v) is 1.80. The van der Waals surface area contributed by atoms with Gasteiger partial charge in [-0.15, -0.1) is 0 Å². The molecule has 1 fully saturated rings. The fourth-order valence-electron chi connectivity index (χ4n) is 1.16. The molecule has 64 valence electrons. The van der Waals surface area contributed by atoms with Crippen molar-refractivity contribution in [2.45, 2.75) is 25.3 Å². The normalized spacial score (nSPS) is 24.6. The van der Waals surface area contributed by atoms with E-state index in [1.165, 1.54) is 7.11 Å². The van der Waals surface area contributed by atoms with Gasteiger partial charge < -0.3 is 4.74 Å². The highest BCUT2D eigenvalue weighted by molar-refractivity contribution is 5.69. The molecule has 0 saturated carbocycles. The monoisotopic (exact) mass is 158 g/mol. The topological polar surface area (TPSA) is 50.4 Å². The molecular formula is C7H14N2O2. The molecule has 0 aliphatic carbocycles. The van der Waals surface area contributed by atoms with E-state index in [4.69, 9.17) is 0 Å². The SMILES string of the molecule is COC(=O)CC1CCCNN1. The minimum absolute atomic E-state index is 0.147. The molecule has 0 aromatic rings. The minimum atomic E-state index is -0.147. The number of carbonyl (C=O) groups excluding carboxylic acids is 1. The van der Waals surface area contributed by atoms with Crippen LogP contribution in [0.5, 0.6) is 0 Å². The van der Waals surface area contributed by atoms with E-state index >= 15 is 0 Å². The highest BCUT2D eigenvalue weighted by Gasteiger charge is 2.15. The summed E-state index contributed by atoms with van der Waals surface area (Å²) < 4.78 is 4.55. The van der Waals surface area contributed by atoms with Crippen LogP contribution in [0.2, 0.25) is 0 Å². The molecule has 0 radical (unpaired) electrons. The number of carbonyl (C=O) groups is 1. The zero-order chi connectivity index (χ0) is 8.10. The molecule has 2 N–H and O–H groups in total. The minimum Gasteiger partial charge on any atom is -0.469 e. The first-order valence-electron chi connectivity index (χ1n) is 3.88. The fourth-order valence-corrected chi connectivity index (χ4v) is 1.16. The molecule has 0 spiro atoms. The number of esters is 1. The van der Waals surface area contributed by atoms with Crippen LogP contribution in [0.25, 0.3) is 0 Å². The van der Waals surface area contributed by atoms with Crippen molar-refractivity contribution >= 4 is 5.97 Å². The predicted molar refractivity (Wildman–Crippen MR) is 40.8 cm³/mol. The second kappa shape index (κ2) is 4.31. The summed E-state index contributed by atoms with van der Waals surface area (Å²) in [5.41, 5.74) is 6.04. The van der Waals surface area contributed by atoms with Crippen LogP contribution in [0.4, 0.5) is 0 Å². The lowest BCUT2D eigenvalue weighted by Crippen LogP contribution is -2.46. The molecule has 0 aromatic heterocycles. The Hall–Kier alpha value is -0.610. The van der Waals surface area contributed by atoms with Gasteiger partial charge in [0, 0.05) is 12.6 Å². The Labute approximate surface area is 66.3 Å². The lowest BCUT2D eigenvalue weighted by molar-refractivity contribution is -0.141. The maximum atomic E-state index is 10.8.